The minimum atomic E-state index is -0.468. The predicted molar refractivity (Wildman–Crippen MR) is 102 cm³/mol. The maximum absolute atomic E-state index is 13.7. The molecule has 7 nitrogen and oxygen atoms in total. The number of para-hydroxylation sites is 1. The first kappa shape index (κ1) is 19.6. The Morgan fingerprint density at radius 1 is 1.19 bits per heavy atom. The number of benzene rings is 1. The molecule has 148 valence electrons. The first-order valence-electron chi connectivity index (χ1n) is 9.65. The van der Waals surface area contributed by atoms with Gasteiger partial charge in [-0.2, -0.15) is 0 Å². The number of amides is 3. The lowest BCUT2D eigenvalue weighted by atomic mass is 9.97. The molecule has 0 aromatic heterocycles. The van der Waals surface area contributed by atoms with E-state index in [1.54, 1.807) is 17.0 Å². The number of piperazine rings is 1. The highest BCUT2D eigenvalue weighted by Crippen LogP contribution is 2.19. The van der Waals surface area contributed by atoms with Gasteiger partial charge in [0, 0.05) is 52.4 Å². The Balaban J connectivity index is 1.44. The Bertz CT molecular complexity index is 651. The number of likely N-dealkylation sites (tertiary alicyclic amines) is 1. The number of rotatable bonds is 5. The molecule has 3 amide bonds. The molecule has 0 spiro atoms. The number of anilines is 1. The lowest BCUT2D eigenvalue weighted by Gasteiger charge is -2.32. The van der Waals surface area contributed by atoms with E-state index in [1.165, 1.54) is 12.1 Å². The third kappa shape index (κ3) is 5.64. The van der Waals surface area contributed by atoms with E-state index in [0.717, 1.165) is 45.6 Å². The van der Waals surface area contributed by atoms with Crippen LogP contribution in [0.5, 0.6) is 0 Å². The van der Waals surface area contributed by atoms with Crippen molar-refractivity contribution in [1.29, 1.82) is 0 Å². The zero-order valence-electron chi connectivity index (χ0n) is 15.5. The van der Waals surface area contributed by atoms with Crippen molar-refractivity contribution in [3.63, 3.8) is 0 Å². The summed E-state index contributed by atoms with van der Waals surface area (Å²) in [6.07, 6.45) is 1.53. The number of hydrogen-bond donors (Lipinski definition) is 3. The fourth-order valence-electron chi connectivity index (χ4n) is 3.55. The summed E-state index contributed by atoms with van der Waals surface area (Å²) in [5, 5.41) is 8.90. The number of carbonyl (C=O) groups is 2. The number of urea groups is 1. The number of hydrogen-bond acceptors (Lipinski definition) is 4. The van der Waals surface area contributed by atoms with Crippen LogP contribution in [0.2, 0.25) is 0 Å². The Labute approximate surface area is 159 Å². The SMILES string of the molecule is O=C(NCCN1CCNCC1)C1CCCN(C(=O)Nc2ccccc2F)C1. The van der Waals surface area contributed by atoms with Crippen LogP contribution < -0.4 is 16.0 Å². The van der Waals surface area contributed by atoms with Gasteiger partial charge in [-0.25, -0.2) is 9.18 Å². The average Bonchev–Trinajstić information content (AvgIpc) is 2.70. The molecule has 0 aliphatic carbocycles. The Kier molecular flexibility index (Phi) is 7.00. The first-order chi connectivity index (χ1) is 13.1. The molecule has 2 aliphatic heterocycles. The fourth-order valence-corrected chi connectivity index (χ4v) is 3.55. The van der Waals surface area contributed by atoms with E-state index < -0.39 is 5.82 Å². The Hall–Kier alpha value is -2.19. The van der Waals surface area contributed by atoms with Crippen molar-refractivity contribution >= 4 is 17.6 Å². The van der Waals surface area contributed by atoms with Crippen molar-refractivity contribution in [3.8, 4) is 0 Å². The van der Waals surface area contributed by atoms with Crippen molar-refractivity contribution in [3.05, 3.63) is 30.1 Å². The zero-order valence-corrected chi connectivity index (χ0v) is 15.5. The van der Waals surface area contributed by atoms with Gasteiger partial charge in [-0.3, -0.25) is 9.69 Å². The van der Waals surface area contributed by atoms with Crippen LogP contribution in [0, 0.1) is 11.7 Å². The highest BCUT2D eigenvalue weighted by molar-refractivity contribution is 5.90. The predicted octanol–water partition coefficient (Wildman–Crippen LogP) is 1.09. The third-order valence-corrected chi connectivity index (χ3v) is 5.13. The first-order valence-corrected chi connectivity index (χ1v) is 9.65. The summed E-state index contributed by atoms with van der Waals surface area (Å²) in [6.45, 7) is 6.39. The molecule has 2 saturated heterocycles. The van der Waals surface area contributed by atoms with Crippen LogP contribution in [0.1, 0.15) is 12.8 Å². The molecular weight excluding hydrogens is 349 g/mol. The van der Waals surface area contributed by atoms with E-state index in [9.17, 15) is 14.0 Å². The van der Waals surface area contributed by atoms with E-state index in [1.807, 2.05) is 0 Å². The maximum atomic E-state index is 13.7. The van der Waals surface area contributed by atoms with Gasteiger partial charge in [0.05, 0.1) is 11.6 Å². The normalized spacial score (nSPS) is 20.9. The molecule has 1 atom stereocenters. The van der Waals surface area contributed by atoms with Crippen LogP contribution >= 0.6 is 0 Å². The largest absolute Gasteiger partial charge is 0.355 e. The van der Waals surface area contributed by atoms with Crippen LogP contribution in [-0.2, 0) is 4.79 Å². The molecule has 0 radical (unpaired) electrons. The van der Waals surface area contributed by atoms with Gasteiger partial charge in [-0.05, 0) is 25.0 Å². The summed E-state index contributed by atoms with van der Waals surface area (Å²) in [6, 6.07) is 5.71. The highest BCUT2D eigenvalue weighted by Gasteiger charge is 2.28. The van der Waals surface area contributed by atoms with Gasteiger partial charge in [-0.15, -0.1) is 0 Å². The second-order valence-corrected chi connectivity index (χ2v) is 7.08. The highest BCUT2D eigenvalue weighted by atomic mass is 19.1. The van der Waals surface area contributed by atoms with Gasteiger partial charge < -0.3 is 20.9 Å². The molecular formula is C19H28FN5O2. The van der Waals surface area contributed by atoms with E-state index >= 15 is 0 Å². The van der Waals surface area contributed by atoms with Crippen LogP contribution in [0.15, 0.2) is 24.3 Å². The molecule has 3 N–H and O–H groups in total. The molecule has 8 heteroatoms. The van der Waals surface area contributed by atoms with E-state index in [0.29, 0.717) is 19.6 Å². The molecule has 1 aromatic carbocycles. The number of carbonyl (C=O) groups excluding carboxylic acids is 2. The van der Waals surface area contributed by atoms with Gasteiger partial charge in [0.1, 0.15) is 5.82 Å². The molecule has 0 saturated carbocycles. The Morgan fingerprint density at radius 3 is 2.74 bits per heavy atom. The van der Waals surface area contributed by atoms with Crippen LogP contribution in [-0.4, -0.2) is 74.1 Å². The minimum Gasteiger partial charge on any atom is -0.355 e. The van der Waals surface area contributed by atoms with E-state index in [2.05, 4.69) is 20.9 Å². The number of piperidine rings is 1. The van der Waals surface area contributed by atoms with Crippen molar-refractivity contribution < 1.29 is 14.0 Å². The molecule has 0 bridgehead atoms. The van der Waals surface area contributed by atoms with Crippen LogP contribution in [0.25, 0.3) is 0 Å². The van der Waals surface area contributed by atoms with Crippen molar-refractivity contribution in [2.75, 3.05) is 57.7 Å². The summed E-state index contributed by atoms with van der Waals surface area (Å²) < 4.78 is 13.7. The van der Waals surface area contributed by atoms with Crippen molar-refractivity contribution in [1.82, 2.24) is 20.4 Å². The van der Waals surface area contributed by atoms with Gasteiger partial charge in [-0.1, -0.05) is 12.1 Å². The van der Waals surface area contributed by atoms with E-state index in [4.69, 9.17) is 0 Å². The molecule has 3 rings (SSSR count). The third-order valence-electron chi connectivity index (χ3n) is 5.13. The quantitative estimate of drug-likeness (QED) is 0.718. The monoisotopic (exact) mass is 377 g/mol. The number of halogens is 1. The molecule has 1 unspecified atom stereocenters. The summed E-state index contributed by atoms with van der Waals surface area (Å²) in [5.74, 6) is -0.688. The van der Waals surface area contributed by atoms with Gasteiger partial charge in [0.2, 0.25) is 5.91 Å². The molecule has 2 aliphatic rings. The van der Waals surface area contributed by atoms with Gasteiger partial charge >= 0.3 is 6.03 Å². The number of nitrogens with zero attached hydrogens (tertiary/aromatic N) is 2. The average molecular weight is 377 g/mol. The van der Waals surface area contributed by atoms with Gasteiger partial charge in [0.15, 0.2) is 0 Å². The molecule has 1 aromatic rings. The van der Waals surface area contributed by atoms with Crippen molar-refractivity contribution in [2.45, 2.75) is 12.8 Å². The minimum absolute atomic E-state index is 0.00599. The number of nitrogens with one attached hydrogen (secondary N) is 3. The summed E-state index contributed by atoms with van der Waals surface area (Å²) >= 11 is 0. The lowest BCUT2D eigenvalue weighted by Crippen LogP contribution is -2.49. The molecule has 2 heterocycles. The van der Waals surface area contributed by atoms with Gasteiger partial charge in [0.25, 0.3) is 0 Å². The van der Waals surface area contributed by atoms with Crippen LogP contribution in [0.3, 0.4) is 0 Å². The standard InChI is InChI=1S/C19H28FN5O2/c20-16-5-1-2-6-17(16)23-19(27)25-10-3-4-15(14-25)18(26)22-9-13-24-11-7-21-8-12-24/h1-2,5-6,15,21H,3-4,7-14H2,(H,22,26)(H,23,27). The molecule has 2 fully saturated rings. The summed E-state index contributed by atoms with van der Waals surface area (Å²) in [7, 11) is 0. The molecule has 27 heavy (non-hydrogen) atoms. The lowest BCUT2D eigenvalue weighted by molar-refractivity contribution is -0.126. The topological polar surface area (TPSA) is 76.7 Å². The maximum Gasteiger partial charge on any atom is 0.321 e. The second-order valence-electron chi connectivity index (χ2n) is 7.08. The summed E-state index contributed by atoms with van der Waals surface area (Å²) in [4.78, 5) is 28.8. The Morgan fingerprint density at radius 2 is 1.96 bits per heavy atom. The fraction of sp³-hybridized carbons (Fsp3) is 0.579. The van der Waals surface area contributed by atoms with Crippen molar-refractivity contribution in [2.24, 2.45) is 5.92 Å². The second kappa shape index (κ2) is 9.66. The van der Waals surface area contributed by atoms with E-state index in [-0.39, 0.29) is 23.5 Å². The summed E-state index contributed by atoms with van der Waals surface area (Å²) in [5.41, 5.74) is 0.157. The smallest absolute Gasteiger partial charge is 0.321 e. The van der Waals surface area contributed by atoms with Crippen LogP contribution in [0.4, 0.5) is 14.9 Å². The zero-order chi connectivity index (χ0) is 19.1.